The number of carbonyl (C=O) groups excluding carboxylic acids is 3. The Balaban J connectivity index is 1.68. The van der Waals surface area contributed by atoms with E-state index in [4.69, 9.17) is 0 Å². The zero-order chi connectivity index (χ0) is 25.3. The van der Waals surface area contributed by atoms with E-state index in [1.165, 1.54) is 42.5 Å². The van der Waals surface area contributed by atoms with Crippen molar-refractivity contribution in [3.8, 4) is 0 Å². The molecule has 8 nitrogen and oxygen atoms in total. The molecule has 0 unspecified atom stereocenters. The fourth-order valence-electron chi connectivity index (χ4n) is 3.77. The molecular weight excluding hydrogens is 467 g/mol. The van der Waals surface area contributed by atoms with Crippen LogP contribution in [0.4, 0.5) is 24.5 Å². The number of nitro groups is 1. The van der Waals surface area contributed by atoms with Crippen molar-refractivity contribution >= 4 is 29.1 Å². The van der Waals surface area contributed by atoms with E-state index in [1.54, 1.807) is 12.1 Å². The number of nitrogens with one attached hydrogen (secondary N) is 1. The third-order valence-electron chi connectivity index (χ3n) is 5.47. The molecule has 1 aliphatic rings. The quantitative estimate of drug-likeness (QED) is 0.316. The molecule has 3 aromatic rings. The Labute approximate surface area is 196 Å². The topological polar surface area (TPSA) is 110 Å². The van der Waals surface area contributed by atoms with Gasteiger partial charge in [-0.3, -0.25) is 29.4 Å². The summed E-state index contributed by atoms with van der Waals surface area (Å²) in [5.74, 6) is -2.34. The van der Waals surface area contributed by atoms with Crippen LogP contribution in [0.25, 0.3) is 0 Å². The maximum atomic E-state index is 13.2. The molecular formula is C24H16F3N3O5. The summed E-state index contributed by atoms with van der Waals surface area (Å²) in [6.45, 7) is 0. The molecule has 1 aliphatic heterocycles. The molecule has 0 saturated carbocycles. The Morgan fingerprint density at radius 1 is 0.943 bits per heavy atom. The van der Waals surface area contributed by atoms with Gasteiger partial charge in [0.2, 0.25) is 5.91 Å². The van der Waals surface area contributed by atoms with Gasteiger partial charge in [-0.1, -0.05) is 30.3 Å². The monoisotopic (exact) mass is 483 g/mol. The summed E-state index contributed by atoms with van der Waals surface area (Å²) in [5.41, 5.74) is -0.759. The number of alkyl halides is 3. The number of fused-ring (bicyclic) bond motifs is 1. The molecule has 1 N–H and O–H groups in total. The Hall–Kier alpha value is -4.54. The Morgan fingerprint density at radius 3 is 2.09 bits per heavy atom. The minimum Gasteiger partial charge on any atom is -0.324 e. The highest BCUT2D eigenvalue weighted by Gasteiger charge is 2.42. The van der Waals surface area contributed by atoms with Crippen LogP contribution >= 0.6 is 0 Å². The van der Waals surface area contributed by atoms with Crippen LogP contribution in [-0.4, -0.2) is 33.6 Å². The van der Waals surface area contributed by atoms with E-state index in [0.717, 1.165) is 23.1 Å². The number of nitro benzene ring substituents is 1. The lowest BCUT2D eigenvalue weighted by Gasteiger charge is -2.25. The van der Waals surface area contributed by atoms with E-state index in [9.17, 15) is 37.7 Å². The fourth-order valence-corrected chi connectivity index (χ4v) is 3.77. The van der Waals surface area contributed by atoms with Crippen LogP contribution in [0.3, 0.4) is 0 Å². The molecule has 0 bridgehead atoms. The molecule has 0 radical (unpaired) electrons. The Bertz CT molecular complexity index is 1300. The fraction of sp³-hybridized carbons (Fsp3) is 0.125. The number of carbonyl (C=O) groups is 3. The average molecular weight is 483 g/mol. The molecule has 35 heavy (non-hydrogen) atoms. The van der Waals surface area contributed by atoms with Gasteiger partial charge in [0.15, 0.2) is 0 Å². The van der Waals surface area contributed by atoms with Gasteiger partial charge in [0.1, 0.15) is 6.04 Å². The summed E-state index contributed by atoms with van der Waals surface area (Å²) in [4.78, 5) is 50.3. The van der Waals surface area contributed by atoms with Crippen molar-refractivity contribution in [3.05, 3.63) is 105 Å². The summed E-state index contributed by atoms with van der Waals surface area (Å²) in [6, 6.07) is 13.7. The second kappa shape index (κ2) is 9.01. The first kappa shape index (κ1) is 23.6. The van der Waals surface area contributed by atoms with E-state index in [0.29, 0.717) is 5.56 Å². The third-order valence-corrected chi connectivity index (χ3v) is 5.47. The van der Waals surface area contributed by atoms with Crippen molar-refractivity contribution < 1.29 is 32.5 Å². The van der Waals surface area contributed by atoms with Crippen LogP contribution in [-0.2, 0) is 17.4 Å². The first-order valence-electron chi connectivity index (χ1n) is 10.2. The molecule has 4 rings (SSSR count). The van der Waals surface area contributed by atoms with Crippen LogP contribution in [0.15, 0.2) is 72.8 Å². The molecule has 0 saturated heterocycles. The maximum absolute atomic E-state index is 13.2. The summed E-state index contributed by atoms with van der Waals surface area (Å²) in [5, 5.41) is 13.3. The molecule has 1 atom stereocenters. The van der Waals surface area contributed by atoms with Crippen LogP contribution < -0.4 is 5.32 Å². The molecule has 3 aromatic carbocycles. The first-order valence-corrected chi connectivity index (χ1v) is 10.2. The smallest absolute Gasteiger partial charge is 0.324 e. The number of nitrogens with zero attached hydrogens (tertiary/aromatic N) is 2. The van der Waals surface area contributed by atoms with Crippen molar-refractivity contribution in [2.24, 2.45) is 0 Å². The van der Waals surface area contributed by atoms with Crippen LogP contribution in [0.5, 0.6) is 0 Å². The number of benzene rings is 3. The molecule has 178 valence electrons. The minimum atomic E-state index is -4.64. The standard InChI is InChI=1S/C24H16F3N3O5/c25-24(26,27)15-4-3-5-16(13-15)28-21(31)20(12-14-8-10-17(11-9-14)30(34)35)29-22(32)18-6-1-2-7-19(18)23(29)33/h1-11,13,20H,12H2,(H,28,31)/t20-/m0/s1. The number of amides is 3. The number of hydrogen-bond donors (Lipinski definition) is 1. The molecule has 1 heterocycles. The van der Waals surface area contributed by atoms with Crippen molar-refractivity contribution in [2.75, 3.05) is 5.32 Å². The number of hydrogen-bond acceptors (Lipinski definition) is 5. The number of imide groups is 1. The van der Waals surface area contributed by atoms with Crippen molar-refractivity contribution in [2.45, 2.75) is 18.6 Å². The molecule has 11 heteroatoms. The Morgan fingerprint density at radius 2 is 1.54 bits per heavy atom. The zero-order valence-electron chi connectivity index (χ0n) is 17.8. The van der Waals surface area contributed by atoms with E-state index in [1.807, 2.05) is 0 Å². The SMILES string of the molecule is O=C(Nc1cccc(C(F)(F)F)c1)[C@H](Cc1ccc([N+](=O)[O-])cc1)N1C(=O)c2ccccc2C1=O. The van der Waals surface area contributed by atoms with Gasteiger partial charge >= 0.3 is 6.18 Å². The second-order valence-electron chi connectivity index (χ2n) is 7.74. The minimum absolute atomic E-state index is 0.0954. The number of halogens is 3. The van der Waals surface area contributed by atoms with Gasteiger partial charge in [-0.2, -0.15) is 13.2 Å². The van der Waals surface area contributed by atoms with Gasteiger partial charge in [0.25, 0.3) is 17.5 Å². The summed E-state index contributed by atoms with van der Waals surface area (Å²) < 4.78 is 39.2. The second-order valence-corrected chi connectivity index (χ2v) is 7.74. The largest absolute Gasteiger partial charge is 0.416 e. The Kier molecular flexibility index (Phi) is 6.08. The van der Waals surface area contributed by atoms with Crippen molar-refractivity contribution in [1.82, 2.24) is 4.90 Å². The van der Waals surface area contributed by atoms with Gasteiger partial charge in [-0.05, 0) is 35.9 Å². The average Bonchev–Trinajstić information content (AvgIpc) is 3.07. The zero-order valence-corrected chi connectivity index (χ0v) is 17.8. The highest BCUT2D eigenvalue weighted by molar-refractivity contribution is 6.23. The van der Waals surface area contributed by atoms with E-state index in [-0.39, 0.29) is 28.9 Å². The summed E-state index contributed by atoms with van der Waals surface area (Å²) >= 11 is 0. The van der Waals surface area contributed by atoms with Gasteiger partial charge in [0, 0.05) is 24.2 Å². The van der Waals surface area contributed by atoms with Crippen LogP contribution in [0.2, 0.25) is 0 Å². The lowest BCUT2D eigenvalue weighted by atomic mass is 10.0. The van der Waals surface area contributed by atoms with E-state index < -0.39 is 40.4 Å². The highest BCUT2D eigenvalue weighted by Crippen LogP contribution is 2.31. The lowest BCUT2D eigenvalue weighted by Crippen LogP contribution is -2.48. The normalized spacial score (nSPS) is 14.0. The third kappa shape index (κ3) is 4.74. The number of non-ortho nitro benzene ring substituents is 1. The van der Waals surface area contributed by atoms with Gasteiger partial charge in [0.05, 0.1) is 21.6 Å². The molecule has 0 fully saturated rings. The first-order chi connectivity index (χ1) is 16.6. The molecule has 0 aliphatic carbocycles. The molecule has 0 aromatic heterocycles. The molecule has 0 spiro atoms. The predicted octanol–water partition coefficient (Wildman–Crippen LogP) is 4.46. The maximum Gasteiger partial charge on any atom is 0.416 e. The number of rotatable bonds is 6. The van der Waals surface area contributed by atoms with Gasteiger partial charge in [-0.25, -0.2) is 0 Å². The summed E-state index contributed by atoms with van der Waals surface area (Å²) in [6.07, 6.45) is -4.85. The number of anilines is 1. The summed E-state index contributed by atoms with van der Waals surface area (Å²) in [7, 11) is 0. The lowest BCUT2D eigenvalue weighted by molar-refractivity contribution is -0.384. The predicted molar refractivity (Wildman–Crippen MR) is 118 cm³/mol. The van der Waals surface area contributed by atoms with Gasteiger partial charge in [-0.15, -0.1) is 0 Å². The van der Waals surface area contributed by atoms with E-state index >= 15 is 0 Å². The highest BCUT2D eigenvalue weighted by atomic mass is 19.4. The molecule has 3 amide bonds. The van der Waals surface area contributed by atoms with Crippen molar-refractivity contribution in [3.63, 3.8) is 0 Å². The van der Waals surface area contributed by atoms with Gasteiger partial charge < -0.3 is 5.32 Å². The van der Waals surface area contributed by atoms with Crippen LogP contribution in [0.1, 0.15) is 31.8 Å². The van der Waals surface area contributed by atoms with Crippen LogP contribution in [0, 0.1) is 10.1 Å². The van der Waals surface area contributed by atoms with Crippen molar-refractivity contribution in [1.29, 1.82) is 0 Å². The van der Waals surface area contributed by atoms with E-state index in [2.05, 4.69) is 5.32 Å².